The van der Waals surface area contributed by atoms with E-state index in [0.29, 0.717) is 17.7 Å². The van der Waals surface area contributed by atoms with Gasteiger partial charge in [0.05, 0.1) is 29.5 Å². The van der Waals surface area contributed by atoms with Gasteiger partial charge in [-0.3, -0.25) is 4.79 Å². The highest BCUT2D eigenvalue weighted by Gasteiger charge is 2.28. The van der Waals surface area contributed by atoms with Crippen LogP contribution < -0.4 is 9.88 Å². The number of β-amino-alcohol motifs (C(OH)–C–C–N with tert-alkyl or cyclic N) is 1. The molecule has 5 rings (SSSR count). The molecule has 4 heterocycles. The van der Waals surface area contributed by atoms with Gasteiger partial charge in [-0.05, 0) is 48.2 Å². The summed E-state index contributed by atoms with van der Waals surface area (Å²) < 4.78 is 8.45. The zero-order chi connectivity index (χ0) is 24.5. The summed E-state index contributed by atoms with van der Waals surface area (Å²) >= 11 is 0. The number of nitrogens with zero attached hydrogens (tertiary/aromatic N) is 6. The number of rotatable bonds is 6. The van der Waals surface area contributed by atoms with Gasteiger partial charge in [-0.15, -0.1) is 0 Å². The summed E-state index contributed by atoms with van der Waals surface area (Å²) in [5, 5.41) is 25.2. The minimum absolute atomic E-state index is 0.0743. The monoisotopic (exact) mass is 478 g/mol. The zero-order valence-corrected chi connectivity index (χ0v) is 19.7. The molecule has 0 spiro atoms. The van der Waals surface area contributed by atoms with Crippen LogP contribution in [0.1, 0.15) is 56.4 Å². The zero-order valence-electron chi connectivity index (χ0n) is 19.7. The van der Waals surface area contributed by atoms with Gasteiger partial charge in [-0.2, -0.15) is 0 Å². The van der Waals surface area contributed by atoms with E-state index in [9.17, 15) is 14.7 Å². The molecule has 2 aliphatic rings. The lowest BCUT2D eigenvalue weighted by Gasteiger charge is -2.33. The summed E-state index contributed by atoms with van der Waals surface area (Å²) in [5.41, 5.74) is 3.77. The Labute approximate surface area is 202 Å². The Kier molecular flexibility index (Phi) is 6.27. The Morgan fingerprint density at radius 2 is 2.09 bits per heavy atom. The summed E-state index contributed by atoms with van der Waals surface area (Å²) in [6.45, 7) is 4.25. The molecule has 0 aliphatic carbocycles. The second kappa shape index (κ2) is 9.51. The Bertz CT molecular complexity index is 1250. The molecule has 1 amide bonds. The minimum atomic E-state index is -0.652. The predicted octanol–water partition coefficient (Wildman–Crippen LogP) is 0.393. The fourth-order valence-electron chi connectivity index (χ4n) is 4.84. The lowest BCUT2D eigenvalue weighted by Crippen LogP contribution is -2.46. The molecule has 1 fully saturated rings. The van der Waals surface area contributed by atoms with Crippen LogP contribution in [0.25, 0.3) is 5.82 Å². The van der Waals surface area contributed by atoms with Crippen LogP contribution in [0.5, 0.6) is 0 Å². The lowest BCUT2D eigenvalue weighted by atomic mass is 9.94. The lowest BCUT2D eigenvalue weighted by molar-refractivity contribution is -0.666. The third kappa shape index (κ3) is 4.64. The number of likely N-dealkylation sites (tertiary alicyclic amines) is 1. The van der Waals surface area contributed by atoms with Crippen LogP contribution in [0.15, 0.2) is 36.8 Å². The molecule has 182 valence electrons. The summed E-state index contributed by atoms with van der Waals surface area (Å²) in [6.07, 6.45) is 4.22. The van der Waals surface area contributed by atoms with Crippen molar-refractivity contribution in [3.05, 3.63) is 64.6 Å². The van der Waals surface area contributed by atoms with Crippen molar-refractivity contribution in [1.82, 2.24) is 30.4 Å². The molecule has 35 heavy (non-hydrogen) atoms. The molecular formula is C24H28N7O4+. The van der Waals surface area contributed by atoms with E-state index in [1.807, 2.05) is 20.0 Å². The van der Waals surface area contributed by atoms with Crippen molar-refractivity contribution in [2.24, 2.45) is 7.05 Å². The smallest absolute Gasteiger partial charge is 0.338 e. The van der Waals surface area contributed by atoms with Crippen molar-refractivity contribution in [3.8, 4) is 5.82 Å². The first-order valence-corrected chi connectivity index (χ1v) is 11.6. The molecular weight excluding hydrogens is 450 g/mol. The third-order valence-electron chi connectivity index (χ3n) is 6.87. The van der Waals surface area contributed by atoms with Gasteiger partial charge in [0.15, 0.2) is 0 Å². The number of pyridine rings is 1. The number of tetrazole rings is 1. The molecule has 1 unspecified atom stereocenters. The second-order valence-electron chi connectivity index (χ2n) is 9.09. The summed E-state index contributed by atoms with van der Waals surface area (Å²) in [4.78, 5) is 26.8. The Hall–Kier alpha value is -3.70. The first-order valence-electron chi connectivity index (χ1n) is 11.6. The molecule has 2 N–H and O–H groups in total. The number of carbonyl (C=O) groups is 2. The molecule has 1 saturated heterocycles. The van der Waals surface area contributed by atoms with E-state index in [4.69, 9.17) is 4.74 Å². The van der Waals surface area contributed by atoms with Crippen LogP contribution in [0, 0.1) is 6.92 Å². The molecule has 2 aliphatic heterocycles. The minimum Gasteiger partial charge on any atom is -0.457 e. The highest BCUT2D eigenvalue weighted by atomic mass is 16.5. The molecule has 2 aromatic heterocycles. The van der Waals surface area contributed by atoms with E-state index in [0.717, 1.165) is 48.4 Å². The van der Waals surface area contributed by atoms with E-state index in [-0.39, 0.29) is 24.5 Å². The second-order valence-corrected chi connectivity index (χ2v) is 9.09. The fraction of sp³-hybridized carbons (Fsp3) is 0.417. The number of nitrogens with one attached hydrogen (secondary N) is 1. The molecule has 0 saturated carbocycles. The van der Waals surface area contributed by atoms with Crippen molar-refractivity contribution in [2.75, 3.05) is 19.6 Å². The topological polar surface area (TPSA) is 126 Å². The first kappa shape index (κ1) is 23.1. The number of hydrogen-bond donors (Lipinski definition) is 2. The van der Waals surface area contributed by atoms with Crippen molar-refractivity contribution in [3.63, 3.8) is 0 Å². The fourth-order valence-corrected chi connectivity index (χ4v) is 4.84. The number of piperidine rings is 1. The van der Waals surface area contributed by atoms with Gasteiger partial charge < -0.3 is 20.1 Å². The number of cyclic esters (lactones) is 1. The van der Waals surface area contributed by atoms with E-state index < -0.39 is 6.10 Å². The number of aromatic nitrogens is 5. The highest BCUT2D eigenvalue weighted by Crippen LogP contribution is 2.29. The molecule has 0 radical (unpaired) electrons. The van der Waals surface area contributed by atoms with Gasteiger partial charge >= 0.3 is 11.8 Å². The van der Waals surface area contributed by atoms with Crippen LogP contribution in [-0.4, -0.2) is 67.8 Å². The van der Waals surface area contributed by atoms with E-state index in [2.05, 4.69) is 25.7 Å². The summed E-state index contributed by atoms with van der Waals surface area (Å²) in [6, 6.07) is 7.20. The standard InChI is InChI=1S/C24H27N7O4/c1-15-18(4-5-19-20(15)13-35-24(19)34)21(32)12-30-9-7-17(8-10-30)26-23(33)16-3-6-22(29(2)11-16)31-14-25-27-28-31/h3-6,11,14,17,21,32H,7-10,12-13H2,1-2H3/p+1. The molecule has 11 heteroatoms. The van der Waals surface area contributed by atoms with E-state index >= 15 is 0 Å². The van der Waals surface area contributed by atoms with Crippen LogP contribution in [-0.2, 0) is 18.4 Å². The van der Waals surface area contributed by atoms with Crippen molar-refractivity contribution in [1.29, 1.82) is 0 Å². The predicted molar refractivity (Wildman–Crippen MR) is 123 cm³/mol. The SMILES string of the molecule is Cc1c(C(O)CN2CCC(NC(=O)c3ccc(-n4cnnn4)[n+](C)c3)CC2)ccc2c1COC2=O. The number of fused-ring (bicyclic) bond motifs is 1. The van der Waals surface area contributed by atoms with Crippen LogP contribution in [0.4, 0.5) is 0 Å². The largest absolute Gasteiger partial charge is 0.457 e. The maximum atomic E-state index is 12.8. The number of aliphatic hydroxyl groups excluding tert-OH is 1. The van der Waals surface area contributed by atoms with Crippen molar-refractivity contribution in [2.45, 2.75) is 38.5 Å². The Balaban J connectivity index is 1.14. The van der Waals surface area contributed by atoms with E-state index in [1.165, 1.54) is 11.0 Å². The Morgan fingerprint density at radius 1 is 1.29 bits per heavy atom. The maximum Gasteiger partial charge on any atom is 0.338 e. The first-order chi connectivity index (χ1) is 16.9. The molecule has 0 bridgehead atoms. The molecule has 11 nitrogen and oxygen atoms in total. The maximum absolute atomic E-state index is 12.8. The normalized spacial score (nSPS) is 17.2. The van der Waals surface area contributed by atoms with Crippen molar-refractivity contribution >= 4 is 11.9 Å². The van der Waals surface area contributed by atoms with Gasteiger partial charge in [-0.25, -0.2) is 9.36 Å². The van der Waals surface area contributed by atoms with Crippen LogP contribution in [0.3, 0.4) is 0 Å². The average Bonchev–Trinajstić information content (AvgIpc) is 3.51. The number of ether oxygens (including phenoxy) is 1. The number of carbonyl (C=O) groups excluding carboxylic acids is 2. The average molecular weight is 479 g/mol. The number of amides is 1. The number of aliphatic hydroxyl groups is 1. The van der Waals surface area contributed by atoms with E-state index in [1.54, 1.807) is 29.0 Å². The van der Waals surface area contributed by atoms with Gasteiger partial charge in [0.2, 0.25) is 6.33 Å². The molecule has 1 atom stereocenters. The number of esters is 1. The molecule has 1 aromatic carbocycles. The van der Waals surface area contributed by atoms with Gasteiger partial charge in [-0.1, -0.05) is 15.8 Å². The third-order valence-corrected chi connectivity index (χ3v) is 6.87. The summed E-state index contributed by atoms with van der Waals surface area (Å²) in [7, 11) is 1.84. The molecule has 3 aromatic rings. The highest BCUT2D eigenvalue weighted by molar-refractivity contribution is 5.94. The van der Waals surface area contributed by atoms with Crippen LogP contribution >= 0.6 is 0 Å². The summed E-state index contributed by atoms with van der Waals surface area (Å²) in [5.74, 6) is 0.328. The number of benzene rings is 1. The number of aryl methyl sites for hydroxylation is 1. The van der Waals surface area contributed by atoms with Gasteiger partial charge in [0, 0.05) is 37.3 Å². The van der Waals surface area contributed by atoms with Gasteiger partial charge in [0.25, 0.3) is 5.91 Å². The van der Waals surface area contributed by atoms with Crippen molar-refractivity contribution < 1.29 is 24.0 Å². The van der Waals surface area contributed by atoms with Gasteiger partial charge in [0.1, 0.15) is 12.8 Å². The Morgan fingerprint density at radius 3 is 2.80 bits per heavy atom. The number of hydrogen-bond acceptors (Lipinski definition) is 8. The van der Waals surface area contributed by atoms with Crippen LogP contribution in [0.2, 0.25) is 0 Å². The quantitative estimate of drug-likeness (QED) is 0.385.